The van der Waals surface area contributed by atoms with Crippen LogP contribution in [0, 0.1) is 17.8 Å². The molecule has 0 spiro atoms. The summed E-state index contributed by atoms with van der Waals surface area (Å²) in [6, 6.07) is 0. The predicted molar refractivity (Wildman–Crippen MR) is 26.5 cm³/mol. The Kier molecular flexibility index (Phi) is 1.00. The van der Waals surface area contributed by atoms with E-state index < -0.39 is 11.8 Å². The number of halogens is 2. The van der Waals surface area contributed by atoms with Crippen LogP contribution in [0.4, 0.5) is 8.78 Å². The number of rotatable bonds is 1. The molecule has 44 valence electrons. The van der Waals surface area contributed by atoms with E-state index in [4.69, 9.17) is 6.42 Å². The maximum atomic E-state index is 11.7. The molecule has 0 heterocycles. The summed E-state index contributed by atoms with van der Waals surface area (Å²) in [4.78, 5) is 0. The molecule has 0 atom stereocenters. The van der Waals surface area contributed by atoms with E-state index in [1.807, 2.05) is 0 Å². The Balaban J connectivity index is 2.57. The highest BCUT2D eigenvalue weighted by atomic mass is 19.3. The molecule has 8 heavy (non-hydrogen) atoms. The van der Waals surface area contributed by atoms with Gasteiger partial charge < -0.3 is 0 Å². The normalized spacial score (nSPS) is 22.8. The second-order valence-electron chi connectivity index (χ2n) is 2.10. The van der Waals surface area contributed by atoms with Gasteiger partial charge in [0.25, 0.3) is 6.43 Å². The molecule has 2 heteroatoms. The van der Waals surface area contributed by atoms with Crippen LogP contribution in [0.5, 0.6) is 0 Å². The topological polar surface area (TPSA) is 0 Å². The van der Waals surface area contributed by atoms with Gasteiger partial charge in [0.15, 0.2) is 0 Å². The molecular weight excluding hydrogens is 110 g/mol. The minimum Gasteiger partial charge on any atom is -0.209 e. The van der Waals surface area contributed by atoms with E-state index in [1.54, 1.807) is 0 Å². The average Bonchev–Trinajstić information content (AvgIpc) is 2.44. The second-order valence-corrected chi connectivity index (χ2v) is 2.10. The molecule has 0 nitrogen and oxygen atoms in total. The quantitative estimate of drug-likeness (QED) is 0.457. The monoisotopic (exact) mass is 116 g/mol. The van der Waals surface area contributed by atoms with Gasteiger partial charge in [0.2, 0.25) is 0 Å². The molecule has 0 aromatic carbocycles. The minimum atomic E-state index is -2.31. The summed E-state index contributed by atoms with van der Waals surface area (Å²) >= 11 is 0. The van der Waals surface area contributed by atoms with Crippen LogP contribution < -0.4 is 0 Å². The van der Waals surface area contributed by atoms with Gasteiger partial charge >= 0.3 is 0 Å². The third-order valence-electron chi connectivity index (χ3n) is 1.49. The Morgan fingerprint density at radius 1 is 1.50 bits per heavy atom. The molecule has 0 amide bonds. The molecule has 1 fully saturated rings. The third kappa shape index (κ3) is 0.588. The number of terminal acetylenes is 1. The van der Waals surface area contributed by atoms with Crippen molar-refractivity contribution in [1.82, 2.24) is 0 Å². The number of hydrogen-bond acceptors (Lipinski definition) is 0. The van der Waals surface area contributed by atoms with E-state index in [0.717, 1.165) is 0 Å². The van der Waals surface area contributed by atoms with Gasteiger partial charge in [-0.05, 0) is 12.8 Å². The van der Waals surface area contributed by atoms with E-state index >= 15 is 0 Å². The van der Waals surface area contributed by atoms with Gasteiger partial charge in [-0.1, -0.05) is 5.92 Å². The molecular formula is C6H6F2. The van der Waals surface area contributed by atoms with Crippen LogP contribution in [0.3, 0.4) is 0 Å². The first-order chi connectivity index (χ1) is 3.71. The maximum Gasteiger partial charge on any atom is 0.254 e. The average molecular weight is 116 g/mol. The molecule has 0 N–H and O–H groups in total. The zero-order valence-corrected chi connectivity index (χ0v) is 4.32. The zero-order valence-electron chi connectivity index (χ0n) is 4.32. The fraction of sp³-hybridized carbons (Fsp3) is 0.667. The van der Waals surface area contributed by atoms with Gasteiger partial charge in [0.1, 0.15) is 0 Å². The van der Waals surface area contributed by atoms with Crippen molar-refractivity contribution >= 4 is 0 Å². The molecule has 0 aromatic rings. The Bertz CT molecular complexity index is 128. The highest BCUT2D eigenvalue weighted by molar-refractivity contribution is 5.16. The lowest BCUT2D eigenvalue weighted by molar-refractivity contribution is 0.0922. The second kappa shape index (κ2) is 1.45. The van der Waals surface area contributed by atoms with E-state index in [1.165, 1.54) is 0 Å². The predicted octanol–water partition coefficient (Wildman–Crippen LogP) is 1.66. The first kappa shape index (κ1) is 5.55. The van der Waals surface area contributed by atoms with Crippen molar-refractivity contribution in [3.63, 3.8) is 0 Å². The Labute approximate surface area is 46.9 Å². The smallest absolute Gasteiger partial charge is 0.209 e. The van der Waals surface area contributed by atoms with Crippen molar-refractivity contribution in [1.29, 1.82) is 0 Å². The summed E-state index contributed by atoms with van der Waals surface area (Å²) in [5.74, 6) is 2.10. The zero-order chi connectivity index (χ0) is 6.20. The summed E-state index contributed by atoms with van der Waals surface area (Å²) in [5, 5.41) is 0. The molecule has 0 saturated heterocycles. The standard InChI is InChI=1S/C6H6F2/c1-2-6(3-4-6)5(7)8/h1,5H,3-4H2. The third-order valence-corrected chi connectivity index (χ3v) is 1.49. The lowest BCUT2D eigenvalue weighted by Crippen LogP contribution is -2.08. The molecule has 0 unspecified atom stereocenters. The van der Waals surface area contributed by atoms with E-state index in [0.29, 0.717) is 12.8 Å². The molecule has 0 aromatic heterocycles. The van der Waals surface area contributed by atoms with E-state index in [9.17, 15) is 8.78 Å². The van der Waals surface area contributed by atoms with Gasteiger partial charge in [0.05, 0.1) is 5.41 Å². The summed E-state index contributed by atoms with van der Waals surface area (Å²) in [6.45, 7) is 0. The molecule has 0 aliphatic heterocycles. The van der Waals surface area contributed by atoms with Crippen molar-refractivity contribution in [2.45, 2.75) is 19.3 Å². The Morgan fingerprint density at radius 2 is 2.00 bits per heavy atom. The molecule has 1 aliphatic carbocycles. The largest absolute Gasteiger partial charge is 0.254 e. The Morgan fingerprint density at radius 3 is 2.00 bits per heavy atom. The summed E-state index contributed by atoms with van der Waals surface area (Å²) in [7, 11) is 0. The lowest BCUT2D eigenvalue weighted by atomic mass is 10.1. The first-order valence-electron chi connectivity index (χ1n) is 2.47. The van der Waals surface area contributed by atoms with Crippen LogP contribution in [-0.4, -0.2) is 6.43 Å². The van der Waals surface area contributed by atoms with Crippen LogP contribution in [0.1, 0.15) is 12.8 Å². The number of hydrogen-bond donors (Lipinski definition) is 0. The van der Waals surface area contributed by atoms with Gasteiger partial charge in [0, 0.05) is 0 Å². The van der Waals surface area contributed by atoms with Crippen molar-refractivity contribution < 1.29 is 8.78 Å². The summed E-state index contributed by atoms with van der Waals surface area (Å²) in [6.07, 6.45) is 3.53. The molecule has 0 radical (unpaired) electrons. The van der Waals surface area contributed by atoms with Crippen molar-refractivity contribution in [2.75, 3.05) is 0 Å². The van der Waals surface area contributed by atoms with Crippen LogP contribution >= 0.6 is 0 Å². The summed E-state index contributed by atoms with van der Waals surface area (Å²) in [5.41, 5.74) is -1.01. The first-order valence-corrected chi connectivity index (χ1v) is 2.47. The van der Waals surface area contributed by atoms with Gasteiger partial charge in [-0.3, -0.25) is 0 Å². The minimum absolute atomic E-state index is 0.501. The Hall–Kier alpha value is -0.580. The van der Waals surface area contributed by atoms with Crippen molar-refractivity contribution in [3.8, 4) is 12.3 Å². The summed E-state index contributed by atoms with van der Waals surface area (Å²) < 4.78 is 23.5. The fourth-order valence-corrected chi connectivity index (χ4v) is 0.560. The molecule has 1 rings (SSSR count). The SMILES string of the molecule is C#CC1(C(F)F)CC1. The molecule has 1 saturated carbocycles. The lowest BCUT2D eigenvalue weighted by Gasteiger charge is -2.01. The van der Waals surface area contributed by atoms with E-state index in [-0.39, 0.29) is 0 Å². The van der Waals surface area contributed by atoms with Crippen LogP contribution in [0.25, 0.3) is 0 Å². The maximum absolute atomic E-state index is 11.7. The van der Waals surface area contributed by atoms with Crippen molar-refractivity contribution in [3.05, 3.63) is 0 Å². The van der Waals surface area contributed by atoms with Gasteiger partial charge in [-0.25, -0.2) is 8.78 Å². The van der Waals surface area contributed by atoms with Crippen LogP contribution in [0.2, 0.25) is 0 Å². The van der Waals surface area contributed by atoms with Crippen LogP contribution in [-0.2, 0) is 0 Å². The van der Waals surface area contributed by atoms with Gasteiger partial charge in [-0.15, -0.1) is 6.42 Å². The molecule has 0 bridgehead atoms. The number of alkyl halides is 2. The van der Waals surface area contributed by atoms with E-state index in [2.05, 4.69) is 5.92 Å². The van der Waals surface area contributed by atoms with Crippen molar-refractivity contribution in [2.24, 2.45) is 5.41 Å². The van der Waals surface area contributed by atoms with Gasteiger partial charge in [-0.2, -0.15) is 0 Å². The van der Waals surface area contributed by atoms with Crippen LogP contribution in [0.15, 0.2) is 0 Å². The highest BCUT2D eigenvalue weighted by Gasteiger charge is 2.49. The molecule has 1 aliphatic rings. The highest BCUT2D eigenvalue weighted by Crippen LogP contribution is 2.49. The fourth-order valence-electron chi connectivity index (χ4n) is 0.560.